The third kappa shape index (κ3) is 4.77. The number of rotatable bonds is 6. The van der Waals surface area contributed by atoms with E-state index in [1.54, 1.807) is 9.42 Å². The van der Waals surface area contributed by atoms with Crippen molar-refractivity contribution < 1.29 is 9.69 Å². The van der Waals surface area contributed by atoms with Gasteiger partial charge in [-0.05, 0) is 37.3 Å². The van der Waals surface area contributed by atoms with Crippen molar-refractivity contribution in [3.8, 4) is 0 Å². The molecule has 7 nitrogen and oxygen atoms in total. The number of nitrogens with zero attached hydrogens (tertiary/aromatic N) is 5. The summed E-state index contributed by atoms with van der Waals surface area (Å²) in [4.78, 5) is 25.1. The van der Waals surface area contributed by atoms with Gasteiger partial charge in [0, 0.05) is 23.4 Å². The Morgan fingerprint density at radius 3 is 2.52 bits per heavy atom. The van der Waals surface area contributed by atoms with Gasteiger partial charge in [0.05, 0.1) is 26.2 Å². The molecule has 0 aliphatic carbocycles. The Bertz CT molecular complexity index is 1050. The number of carbonyl (C=O) groups is 1. The highest BCUT2D eigenvalue weighted by atomic mass is 16.2. The maximum absolute atomic E-state index is 12.8. The van der Waals surface area contributed by atoms with Gasteiger partial charge in [0.25, 0.3) is 5.78 Å². The molecule has 1 amide bonds. The van der Waals surface area contributed by atoms with Crippen molar-refractivity contribution in [1.29, 1.82) is 0 Å². The first-order chi connectivity index (χ1) is 14.9. The highest BCUT2D eigenvalue weighted by molar-refractivity contribution is 5.76. The molecule has 2 aromatic heterocycles. The van der Waals surface area contributed by atoms with Crippen molar-refractivity contribution in [2.24, 2.45) is 0 Å². The summed E-state index contributed by atoms with van der Waals surface area (Å²) in [6, 6.07) is 9.00. The number of nitrogens with one attached hydrogen (secondary N) is 1. The van der Waals surface area contributed by atoms with E-state index in [1.807, 2.05) is 18.7 Å². The number of piperazine rings is 1. The van der Waals surface area contributed by atoms with Crippen LogP contribution in [0.15, 0.2) is 30.6 Å². The fraction of sp³-hybridized carbons (Fsp3) is 0.500. The molecule has 0 bridgehead atoms. The van der Waals surface area contributed by atoms with Gasteiger partial charge in [-0.25, -0.2) is 9.50 Å². The summed E-state index contributed by atoms with van der Waals surface area (Å²) in [6.45, 7) is 13.1. The summed E-state index contributed by atoms with van der Waals surface area (Å²) < 4.78 is 1.75. The summed E-state index contributed by atoms with van der Waals surface area (Å²) in [7, 11) is 0. The Hall–Kier alpha value is -2.80. The van der Waals surface area contributed by atoms with Gasteiger partial charge in [0.15, 0.2) is 0 Å². The molecule has 0 spiro atoms. The number of fused-ring (bicyclic) bond motifs is 1. The van der Waals surface area contributed by atoms with Gasteiger partial charge in [-0.2, -0.15) is 10.1 Å². The number of aromatic nitrogens is 4. The first kappa shape index (κ1) is 21.4. The average Bonchev–Trinajstić information content (AvgIpc) is 3.23. The maximum atomic E-state index is 12.8. The van der Waals surface area contributed by atoms with Gasteiger partial charge in [0.2, 0.25) is 5.91 Å². The number of aryl methyl sites for hydroxylation is 2. The van der Waals surface area contributed by atoms with Crippen molar-refractivity contribution >= 4 is 11.7 Å². The summed E-state index contributed by atoms with van der Waals surface area (Å²) >= 11 is 0. The minimum atomic E-state index is 0.234. The van der Waals surface area contributed by atoms with Crippen LogP contribution in [-0.4, -0.2) is 56.6 Å². The molecule has 4 rings (SSSR count). The Balaban J connectivity index is 1.29. The number of amides is 1. The van der Waals surface area contributed by atoms with Crippen LogP contribution in [0.5, 0.6) is 0 Å². The Morgan fingerprint density at radius 1 is 1.13 bits per heavy atom. The van der Waals surface area contributed by atoms with E-state index < -0.39 is 0 Å². The summed E-state index contributed by atoms with van der Waals surface area (Å²) in [6.07, 6.45) is 2.72. The highest BCUT2D eigenvalue weighted by Crippen LogP contribution is 2.16. The molecule has 0 radical (unpaired) electrons. The van der Waals surface area contributed by atoms with Gasteiger partial charge in [-0.1, -0.05) is 38.1 Å². The molecule has 0 unspecified atom stereocenters. The summed E-state index contributed by atoms with van der Waals surface area (Å²) in [5.41, 5.74) is 5.81. The molecule has 164 valence electrons. The molecule has 1 aliphatic rings. The van der Waals surface area contributed by atoms with Gasteiger partial charge >= 0.3 is 0 Å². The van der Waals surface area contributed by atoms with Crippen molar-refractivity contribution in [2.75, 3.05) is 26.2 Å². The van der Waals surface area contributed by atoms with Gasteiger partial charge < -0.3 is 9.80 Å². The average molecular weight is 422 g/mol. The molecule has 1 aliphatic heterocycles. The zero-order valence-corrected chi connectivity index (χ0v) is 19.1. The van der Waals surface area contributed by atoms with Crippen LogP contribution in [-0.2, 0) is 17.8 Å². The van der Waals surface area contributed by atoms with E-state index in [0.717, 1.165) is 49.7 Å². The SMILES string of the molecule is Cc1nc2ncnn2c(C)c1CCC(=O)N1CC[NH+](Cc2ccc(C(C)C)cc2)CC1. The Kier molecular flexibility index (Phi) is 6.32. The fourth-order valence-electron chi connectivity index (χ4n) is 4.47. The second kappa shape index (κ2) is 9.14. The van der Waals surface area contributed by atoms with Crippen LogP contribution in [0.25, 0.3) is 5.78 Å². The monoisotopic (exact) mass is 421 g/mol. The lowest BCUT2D eigenvalue weighted by molar-refractivity contribution is -0.917. The minimum absolute atomic E-state index is 0.234. The predicted molar refractivity (Wildman–Crippen MR) is 120 cm³/mol. The molecular formula is C24H33N6O+. The van der Waals surface area contributed by atoms with E-state index in [4.69, 9.17) is 0 Å². The van der Waals surface area contributed by atoms with Crippen molar-refractivity contribution in [2.45, 2.75) is 53.0 Å². The lowest BCUT2D eigenvalue weighted by atomic mass is 10.0. The fourth-order valence-corrected chi connectivity index (χ4v) is 4.47. The van der Waals surface area contributed by atoms with E-state index in [0.29, 0.717) is 24.5 Å². The maximum Gasteiger partial charge on any atom is 0.252 e. The molecule has 3 heterocycles. The second-order valence-electron chi connectivity index (χ2n) is 8.94. The number of benzene rings is 1. The van der Waals surface area contributed by atoms with E-state index >= 15 is 0 Å². The topological polar surface area (TPSA) is 67.8 Å². The van der Waals surface area contributed by atoms with Crippen LogP contribution in [0.3, 0.4) is 0 Å². The molecule has 1 N–H and O–H groups in total. The number of quaternary nitrogens is 1. The van der Waals surface area contributed by atoms with Crippen LogP contribution in [0, 0.1) is 13.8 Å². The zero-order chi connectivity index (χ0) is 22.0. The third-order valence-corrected chi connectivity index (χ3v) is 6.50. The molecule has 1 aromatic carbocycles. The van der Waals surface area contributed by atoms with E-state index in [2.05, 4.69) is 53.2 Å². The van der Waals surface area contributed by atoms with Crippen molar-refractivity contribution in [1.82, 2.24) is 24.5 Å². The van der Waals surface area contributed by atoms with Crippen LogP contribution >= 0.6 is 0 Å². The molecule has 1 fully saturated rings. The molecule has 0 atom stereocenters. The first-order valence-corrected chi connectivity index (χ1v) is 11.3. The van der Waals surface area contributed by atoms with E-state index in [9.17, 15) is 4.79 Å². The molecule has 0 saturated carbocycles. The summed E-state index contributed by atoms with van der Waals surface area (Å²) in [5, 5.41) is 4.24. The smallest absolute Gasteiger partial charge is 0.252 e. The van der Waals surface area contributed by atoms with E-state index in [-0.39, 0.29) is 5.91 Å². The zero-order valence-electron chi connectivity index (χ0n) is 19.1. The first-order valence-electron chi connectivity index (χ1n) is 11.3. The van der Waals surface area contributed by atoms with Crippen LogP contribution < -0.4 is 4.90 Å². The third-order valence-electron chi connectivity index (χ3n) is 6.50. The van der Waals surface area contributed by atoms with Crippen LogP contribution in [0.4, 0.5) is 0 Å². The van der Waals surface area contributed by atoms with E-state index in [1.165, 1.54) is 17.5 Å². The number of hydrogen-bond acceptors (Lipinski definition) is 4. The van der Waals surface area contributed by atoms with Gasteiger partial charge in [0.1, 0.15) is 12.9 Å². The largest absolute Gasteiger partial charge is 0.331 e. The lowest BCUT2D eigenvalue weighted by Gasteiger charge is -2.32. The minimum Gasteiger partial charge on any atom is -0.331 e. The standard InChI is InChI=1S/C24H32N6O/c1-17(2)21-7-5-20(6-8-21)15-28-11-13-29(14-12-28)23(31)10-9-22-18(3)27-24-25-16-26-30(24)19(22)4/h5-8,16-17H,9-15H2,1-4H3/p+1. The highest BCUT2D eigenvalue weighted by Gasteiger charge is 2.24. The van der Waals surface area contributed by atoms with Crippen molar-refractivity contribution in [3.63, 3.8) is 0 Å². The molecule has 3 aromatic rings. The molecule has 7 heteroatoms. The van der Waals surface area contributed by atoms with Crippen LogP contribution in [0.1, 0.15) is 54.3 Å². The van der Waals surface area contributed by atoms with Crippen molar-refractivity contribution in [3.05, 3.63) is 58.7 Å². The number of hydrogen-bond donors (Lipinski definition) is 1. The normalized spacial score (nSPS) is 15.2. The molecule has 1 saturated heterocycles. The van der Waals surface area contributed by atoms with Crippen LogP contribution in [0.2, 0.25) is 0 Å². The Labute approximate surface area is 184 Å². The second-order valence-corrected chi connectivity index (χ2v) is 8.94. The van der Waals surface area contributed by atoms with Gasteiger partial charge in [-0.3, -0.25) is 4.79 Å². The predicted octanol–water partition coefficient (Wildman–Crippen LogP) is 1.72. The molecule has 31 heavy (non-hydrogen) atoms. The lowest BCUT2D eigenvalue weighted by Crippen LogP contribution is -3.13. The van der Waals surface area contributed by atoms with Gasteiger partial charge in [-0.15, -0.1) is 0 Å². The molecular weight excluding hydrogens is 388 g/mol. The Morgan fingerprint density at radius 2 is 1.84 bits per heavy atom. The quantitative estimate of drug-likeness (QED) is 0.658. The number of carbonyl (C=O) groups excluding carboxylic acids is 1. The summed E-state index contributed by atoms with van der Waals surface area (Å²) in [5.74, 6) is 1.42.